The highest BCUT2D eigenvalue weighted by molar-refractivity contribution is 14.1. The summed E-state index contributed by atoms with van der Waals surface area (Å²) in [5.41, 5.74) is 5.98. The van der Waals surface area contributed by atoms with Gasteiger partial charge in [-0.1, -0.05) is 17.8 Å². The highest BCUT2D eigenvalue weighted by atomic mass is 127. The molecule has 0 aliphatic carbocycles. The number of aliphatic carboxylic acids is 1. The number of nitrogens with zero attached hydrogens (tertiary/aromatic N) is 1. The molecule has 1 aliphatic heterocycles. The maximum absolute atomic E-state index is 12.5. The number of amides is 4. The van der Waals surface area contributed by atoms with Gasteiger partial charge in [0.2, 0.25) is 22.8 Å². The molecule has 0 spiro atoms. The number of imide groups is 1. The van der Waals surface area contributed by atoms with Gasteiger partial charge in [-0.3, -0.25) is 28.9 Å². The molecule has 1 heterocycles. The molecule has 0 saturated carbocycles. The van der Waals surface area contributed by atoms with Crippen LogP contribution in [0.4, 0.5) is 0 Å². The molecule has 196 valence electrons. The van der Waals surface area contributed by atoms with Crippen molar-refractivity contribution in [3.63, 3.8) is 0 Å². The average Bonchev–Trinajstić information content (AvgIpc) is 3.10. The van der Waals surface area contributed by atoms with Crippen LogP contribution < -0.4 is 16.4 Å². The van der Waals surface area contributed by atoms with E-state index in [0.717, 1.165) is 20.2 Å². The molecule has 3 atom stereocenters. The number of rotatable bonds is 13. The molecule has 2 rings (SSSR count). The molecule has 36 heavy (non-hydrogen) atoms. The molecular weight excluding hydrogens is 623 g/mol. The van der Waals surface area contributed by atoms with Crippen LogP contribution in [0, 0.1) is 3.57 Å². The van der Waals surface area contributed by atoms with Gasteiger partial charge in [-0.15, -0.1) is 0 Å². The fourth-order valence-corrected chi connectivity index (χ4v) is 5.12. The molecule has 11 nitrogen and oxygen atoms in total. The number of halogens is 1. The minimum Gasteiger partial charge on any atom is -0.480 e. The first-order chi connectivity index (χ1) is 17.0. The minimum absolute atomic E-state index is 0.0651. The normalized spacial score (nSPS) is 17.0. The van der Waals surface area contributed by atoms with Gasteiger partial charge in [0.25, 0.3) is 5.91 Å². The first kappa shape index (κ1) is 30.1. The minimum atomic E-state index is -1.24. The first-order valence-corrected chi connectivity index (χ1v) is 13.6. The molecule has 1 saturated heterocycles. The number of nitrogens with one attached hydrogen (secondary N) is 2. The number of nitrogens with two attached hydrogens (primary N) is 1. The number of carbonyl (C=O) groups excluding carboxylic acids is 5. The van der Waals surface area contributed by atoms with Crippen LogP contribution >= 0.6 is 47.0 Å². The Labute approximate surface area is 231 Å². The van der Waals surface area contributed by atoms with E-state index < -0.39 is 52.0 Å². The third-order valence-corrected chi connectivity index (χ3v) is 7.47. The molecule has 14 heteroatoms. The maximum Gasteiger partial charge on any atom is 0.326 e. The quantitative estimate of drug-likeness (QED) is 0.0876. The van der Waals surface area contributed by atoms with Crippen molar-refractivity contribution >= 4 is 81.7 Å². The lowest BCUT2D eigenvalue weighted by Gasteiger charge is -2.17. The second kappa shape index (κ2) is 14.5. The molecule has 5 N–H and O–H groups in total. The zero-order chi connectivity index (χ0) is 26.8. The van der Waals surface area contributed by atoms with Crippen LogP contribution in [0.25, 0.3) is 0 Å². The van der Waals surface area contributed by atoms with E-state index in [1.165, 1.54) is 0 Å². The molecular formula is C22H27IN4O7S2. The van der Waals surface area contributed by atoms with Crippen molar-refractivity contribution in [1.82, 2.24) is 15.5 Å². The van der Waals surface area contributed by atoms with Crippen molar-refractivity contribution in [3.05, 3.63) is 33.4 Å². The Bertz CT molecular complexity index is 1030. The van der Waals surface area contributed by atoms with Crippen molar-refractivity contribution in [2.75, 3.05) is 18.8 Å². The van der Waals surface area contributed by atoms with Crippen LogP contribution in [0.5, 0.6) is 0 Å². The largest absolute Gasteiger partial charge is 0.480 e. The maximum atomic E-state index is 12.5. The number of carboxylic acids is 1. The number of hydrogen-bond acceptors (Lipinski definition) is 9. The fourth-order valence-electron chi connectivity index (χ4n) is 3.30. The molecule has 1 aromatic rings. The number of carbonyl (C=O) groups is 6. The Hall–Kier alpha value is -2.17. The Balaban J connectivity index is 1.76. The summed E-state index contributed by atoms with van der Waals surface area (Å²) in [6.07, 6.45) is 0.595. The van der Waals surface area contributed by atoms with Crippen LogP contribution in [0.15, 0.2) is 24.3 Å². The van der Waals surface area contributed by atoms with Gasteiger partial charge >= 0.3 is 5.97 Å². The average molecular weight is 651 g/mol. The summed E-state index contributed by atoms with van der Waals surface area (Å²) in [6, 6.07) is 4.75. The number of thioether (sulfide) groups is 1. The zero-order valence-electron chi connectivity index (χ0n) is 19.1. The molecule has 4 amide bonds. The third-order valence-electron chi connectivity index (χ3n) is 5.21. The first-order valence-electron chi connectivity index (χ1n) is 11.0. The fraction of sp³-hybridized carbons (Fsp3) is 0.455. The predicted octanol–water partition coefficient (Wildman–Crippen LogP) is 0.405. The van der Waals surface area contributed by atoms with Crippen molar-refractivity contribution in [1.29, 1.82) is 0 Å². The second-order valence-corrected chi connectivity index (χ2v) is 10.8. The highest BCUT2D eigenvalue weighted by Crippen LogP contribution is 2.27. The van der Waals surface area contributed by atoms with E-state index in [1.807, 2.05) is 6.07 Å². The van der Waals surface area contributed by atoms with E-state index in [4.69, 9.17) is 5.73 Å². The number of benzene rings is 1. The standard InChI is InChI=1S/C22H27IN4O7S2/c23-13-5-3-4-12(8-13)19(30)25-10-17(28)26-15(21(32)33)6-1-2-7-27-18(29)9-16(20(27)31)36-22(34)14(24)11-35/h3-5,8,14-16,35H,1-2,6-7,9-11,24H2,(H,25,30)(H,26,28)(H,32,33)/t14-,15+,16?/m0/s1. The van der Waals surface area contributed by atoms with E-state index >= 15 is 0 Å². The van der Waals surface area contributed by atoms with Gasteiger partial charge in [-0.2, -0.15) is 12.6 Å². The lowest BCUT2D eigenvalue weighted by Crippen LogP contribution is -2.45. The van der Waals surface area contributed by atoms with E-state index in [9.17, 15) is 33.9 Å². The van der Waals surface area contributed by atoms with Crippen LogP contribution in [-0.4, -0.2) is 80.9 Å². The summed E-state index contributed by atoms with van der Waals surface area (Å²) < 4.78 is 0.855. The summed E-state index contributed by atoms with van der Waals surface area (Å²) in [5.74, 6) is -3.11. The van der Waals surface area contributed by atoms with Gasteiger partial charge in [-0.25, -0.2) is 4.79 Å². The monoisotopic (exact) mass is 650 g/mol. The zero-order valence-corrected chi connectivity index (χ0v) is 23.0. The summed E-state index contributed by atoms with van der Waals surface area (Å²) in [4.78, 5) is 73.5. The molecule has 0 aromatic heterocycles. The van der Waals surface area contributed by atoms with E-state index in [-0.39, 0.29) is 31.7 Å². The molecule has 1 fully saturated rings. The number of likely N-dealkylation sites (tertiary alicyclic amines) is 1. The van der Waals surface area contributed by atoms with Crippen molar-refractivity contribution < 1.29 is 33.9 Å². The van der Waals surface area contributed by atoms with Crippen molar-refractivity contribution in [3.8, 4) is 0 Å². The summed E-state index contributed by atoms with van der Waals surface area (Å²) in [5, 5.41) is 13.0. The van der Waals surface area contributed by atoms with Crippen LogP contribution in [0.3, 0.4) is 0 Å². The predicted molar refractivity (Wildman–Crippen MR) is 144 cm³/mol. The topological polar surface area (TPSA) is 176 Å². The summed E-state index contributed by atoms with van der Waals surface area (Å²) in [7, 11) is 0. The van der Waals surface area contributed by atoms with Crippen molar-refractivity contribution in [2.24, 2.45) is 5.73 Å². The number of hydrogen-bond donors (Lipinski definition) is 5. The molecule has 1 aromatic carbocycles. The summed E-state index contributed by atoms with van der Waals surface area (Å²) >= 11 is 6.74. The number of carboxylic acid groups (broad SMARTS) is 1. The summed E-state index contributed by atoms with van der Waals surface area (Å²) in [6.45, 7) is -0.312. The molecule has 1 unspecified atom stereocenters. The van der Waals surface area contributed by atoms with E-state index in [0.29, 0.717) is 18.4 Å². The van der Waals surface area contributed by atoms with Gasteiger partial charge < -0.3 is 21.5 Å². The van der Waals surface area contributed by atoms with Gasteiger partial charge in [-0.05, 0) is 60.1 Å². The van der Waals surface area contributed by atoms with Gasteiger partial charge in [0.15, 0.2) is 0 Å². The Morgan fingerprint density at radius 2 is 1.97 bits per heavy atom. The smallest absolute Gasteiger partial charge is 0.326 e. The van der Waals surface area contributed by atoms with Gasteiger partial charge in [0, 0.05) is 27.9 Å². The lowest BCUT2D eigenvalue weighted by atomic mass is 10.1. The third kappa shape index (κ3) is 9.05. The molecule has 0 radical (unpaired) electrons. The number of thiol groups is 1. The molecule has 1 aliphatic rings. The van der Waals surface area contributed by atoms with Crippen molar-refractivity contribution in [2.45, 2.75) is 43.0 Å². The van der Waals surface area contributed by atoms with Gasteiger partial charge in [0.1, 0.15) is 11.3 Å². The number of unbranched alkanes of at least 4 members (excludes halogenated alkanes) is 1. The Kier molecular flexibility index (Phi) is 12.1. The lowest BCUT2D eigenvalue weighted by molar-refractivity contribution is -0.142. The SMILES string of the molecule is N[C@@H](CS)C(=O)SC1CC(=O)N(CCCC[C@@H](NC(=O)CNC(=O)c2cccc(I)c2)C(=O)O)C1=O. The second-order valence-electron chi connectivity index (χ2n) is 7.95. The van der Waals surface area contributed by atoms with Crippen LogP contribution in [0.2, 0.25) is 0 Å². The van der Waals surface area contributed by atoms with E-state index in [2.05, 4.69) is 45.9 Å². The van der Waals surface area contributed by atoms with Crippen LogP contribution in [-0.2, 0) is 24.0 Å². The molecule has 0 bridgehead atoms. The van der Waals surface area contributed by atoms with Crippen LogP contribution in [0.1, 0.15) is 36.0 Å². The Morgan fingerprint density at radius 1 is 1.25 bits per heavy atom. The Morgan fingerprint density at radius 3 is 2.61 bits per heavy atom. The highest BCUT2D eigenvalue weighted by Gasteiger charge is 2.40. The van der Waals surface area contributed by atoms with Gasteiger partial charge in [0.05, 0.1) is 12.6 Å². The van der Waals surface area contributed by atoms with E-state index in [1.54, 1.807) is 18.2 Å².